The van der Waals surface area contributed by atoms with Crippen LogP contribution in [0.25, 0.3) is 0 Å². The number of carbonyl (C=O) groups is 1. The topological polar surface area (TPSA) is 74.6 Å². The summed E-state index contributed by atoms with van der Waals surface area (Å²) in [5.74, 6) is -0.495. The third-order valence-electron chi connectivity index (χ3n) is 1.10. The van der Waals surface area contributed by atoms with E-state index in [2.05, 4.69) is 15.5 Å². The summed E-state index contributed by atoms with van der Waals surface area (Å²) >= 11 is 0. The Bertz CT molecular complexity index is 284. The summed E-state index contributed by atoms with van der Waals surface area (Å²) < 4.78 is 0. The zero-order valence-corrected chi connectivity index (χ0v) is 6.14. The minimum absolute atomic E-state index is 0.495. The molecular formula is C7H7N3O2. The highest BCUT2D eigenvalue weighted by Gasteiger charge is 1.96. The van der Waals surface area contributed by atoms with Crippen molar-refractivity contribution in [2.75, 3.05) is 5.32 Å². The van der Waals surface area contributed by atoms with Gasteiger partial charge in [-0.05, 0) is 12.1 Å². The zero-order chi connectivity index (χ0) is 8.81. The van der Waals surface area contributed by atoms with E-state index in [1.165, 1.54) is 6.20 Å². The van der Waals surface area contributed by atoms with Gasteiger partial charge in [-0.1, -0.05) is 5.16 Å². The van der Waals surface area contributed by atoms with E-state index in [1.807, 2.05) is 0 Å². The second-order valence-electron chi connectivity index (χ2n) is 1.98. The van der Waals surface area contributed by atoms with Crippen LogP contribution in [0.1, 0.15) is 0 Å². The molecule has 0 aliphatic carbocycles. The molecule has 1 heterocycles. The normalized spacial score (nSPS) is 10.0. The van der Waals surface area contributed by atoms with Gasteiger partial charge >= 0.3 is 0 Å². The monoisotopic (exact) mass is 165 g/mol. The average molecular weight is 165 g/mol. The third kappa shape index (κ3) is 2.37. The molecule has 0 saturated carbocycles. The van der Waals surface area contributed by atoms with E-state index in [-0.39, 0.29) is 0 Å². The van der Waals surface area contributed by atoms with Gasteiger partial charge in [-0.15, -0.1) is 0 Å². The fourth-order valence-electron chi connectivity index (χ4n) is 0.664. The van der Waals surface area contributed by atoms with Gasteiger partial charge in [0.1, 0.15) is 6.21 Å². The van der Waals surface area contributed by atoms with Crippen molar-refractivity contribution in [1.82, 2.24) is 4.98 Å². The van der Waals surface area contributed by atoms with Crippen molar-refractivity contribution in [3.05, 3.63) is 24.5 Å². The fourth-order valence-corrected chi connectivity index (χ4v) is 0.664. The van der Waals surface area contributed by atoms with E-state index in [0.717, 1.165) is 6.21 Å². The third-order valence-corrected chi connectivity index (χ3v) is 1.10. The lowest BCUT2D eigenvalue weighted by Gasteiger charge is -1.97. The minimum atomic E-state index is -0.495. The van der Waals surface area contributed by atoms with Gasteiger partial charge in [-0.2, -0.15) is 0 Å². The van der Waals surface area contributed by atoms with Crippen LogP contribution in [0.5, 0.6) is 0 Å². The van der Waals surface area contributed by atoms with Gasteiger partial charge in [0.05, 0.1) is 11.9 Å². The molecule has 0 aliphatic rings. The molecule has 5 nitrogen and oxygen atoms in total. The van der Waals surface area contributed by atoms with Crippen molar-refractivity contribution in [3.63, 3.8) is 0 Å². The zero-order valence-electron chi connectivity index (χ0n) is 6.14. The van der Waals surface area contributed by atoms with Gasteiger partial charge in [-0.25, -0.2) is 0 Å². The van der Waals surface area contributed by atoms with Crippen molar-refractivity contribution in [1.29, 1.82) is 0 Å². The van der Waals surface area contributed by atoms with Crippen LogP contribution in [-0.2, 0) is 4.79 Å². The molecule has 12 heavy (non-hydrogen) atoms. The highest BCUT2D eigenvalue weighted by molar-refractivity contribution is 6.31. The molecule has 2 N–H and O–H groups in total. The van der Waals surface area contributed by atoms with E-state index >= 15 is 0 Å². The maximum Gasteiger partial charge on any atom is 0.270 e. The molecule has 0 spiro atoms. The lowest BCUT2D eigenvalue weighted by Crippen LogP contribution is -2.12. The van der Waals surface area contributed by atoms with Crippen molar-refractivity contribution >= 4 is 17.8 Å². The highest BCUT2D eigenvalue weighted by atomic mass is 16.4. The molecule has 1 rings (SSSR count). The molecule has 0 radical (unpaired) electrons. The molecular weight excluding hydrogens is 158 g/mol. The van der Waals surface area contributed by atoms with Crippen LogP contribution in [0.4, 0.5) is 5.69 Å². The van der Waals surface area contributed by atoms with Gasteiger partial charge in [0.25, 0.3) is 5.91 Å². The summed E-state index contributed by atoms with van der Waals surface area (Å²) in [6.07, 6.45) is 3.85. The van der Waals surface area contributed by atoms with Gasteiger partial charge < -0.3 is 10.5 Å². The second-order valence-corrected chi connectivity index (χ2v) is 1.98. The van der Waals surface area contributed by atoms with Crippen LogP contribution < -0.4 is 5.32 Å². The molecule has 0 atom stereocenters. The van der Waals surface area contributed by atoms with E-state index in [4.69, 9.17) is 5.21 Å². The van der Waals surface area contributed by atoms with E-state index in [9.17, 15) is 4.79 Å². The van der Waals surface area contributed by atoms with E-state index in [0.29, 0.717) is 5.69 Å². The van der Waals surface area contributed by atoms with Crippen molar-refractivity contribution in [2.45, 2.75) is 0 Å². The minimum Gasteiger partial charge on any atom is -0.411 e. The summed E-state index contributed by atoms with van der Waals surface area (Å²) in [4.78, 5) is 14.5. The predicted molar refractivity (Wildman–Crippen MR) is 43.1 cm³/mol. The SMILES string of the molecule is O=C(/C=N/O)Nc1cccnc1. The van der Waals surface area contributed by atoms with Crippen molar-refractivity contribution in [2.24, 2.45) is 5.16 Å². The molecule has 0 aromatic carbocycles. The number of hydrogen-bond donors (Lipinski definition) is 2. The molecule has 1 aromatic heterocycles. The first kappa shape index (κ1) is 8.19. The highest BCUT2D eigenvalue weighted by Crippen LogP contribution is 2.00. The number of nitrogens with one attached hydrogen (secondary N) is 1. The van der Waals surface area contributed by atoms with Gasteiger partial charge in [0.2, 0.25) is 0 Å². The van der Waals surface area contributed by atoms with Crippen molar-refractivity contribution < 1.29 is 10.0 Å². The molecule has 0 bridgehead atoms. The molecule has 0 saturated heterocycles. The Hall–Kier alpha value is -1.91. The van der Waals surface area contributed by atoms with Crippen molar-refractivity contribution in [3.8, 4) is 0 Å². The first-order valence-corrected chi connectivity index (χ1v) is 3.21. The Morgan fingerprint density at radius 2 is 2.58 bits per heavy atom. The number of anilines is 1. The summed E-state index contributed by atoms with van der Waals surface area (Å²) in [6.45, 7) is 0. The number of amides is 1. The number of carbonyl (C=O) groups excluding carboxylic acids is 1. The Morgan fingerprint density at radius 1 is 1.75 bits per heavy atom. The van der Waals surface area contributed by atoms with Crippen LogP contribution in [0.2, 0.25) is 0 Å². The number of nitrogens with zero attached hydrogens (tertiary/aromatic N) is 2. The molecule has 62 valence electrons. The fraction of sp³-hybridized carbons (Fsp3) is 0. The molecule has 1 aromatic rings. The maximum atomic E-state index is 10.8. The van der Waals surface area contributed by atoms with E-state index < -0.39 is 5.91 Å². The molecule has 0 fully saturated rings. The summed E-state index contributed by atoms with van der Waals surface area (Å²) in [7, 11) is 0. The lowest BCUT2D eigenvalue weighted by atomic mass is 10.4. The Balaban J connectivity index is 2.59. The number of rotatable bonds is 2. The summed E-state index contributed by atoms with van der Waals surface area (Å²) in [6, 6.07) is 3.36. The molecule has 5 heteroatoms. The lowest BCUT2D eigenvalue weighted by molar-refractivity contribution is -0.110. The molecule has 1 amide bonds. The van der Waals surface area contributed by atoms with Gasteiger partial charge in [0.15, 0.2) is 0 Å². The van der Waals surface area contributed by atoms with Crippen LogP contribution in [0.3, 0.4) is 0 Å². The quantitative estimate of drug-likeness (QED) is 0.380. The maximum absolute atomic E-state index is 10.8. The van der Waals surface area contributed by atoms with Crippen LogP contribution in [0, 0.1) is 0 Å². The second kappa shape index (κ2) is 4.07. The van der Waals surface area contributed by atoms with Crippen LogP contribution in [0.15, 0.2) is 29.7 Å². The molecule has 0 unspecified atom stereocenters. The van der Waals surface area contributed by atoms with Crippen LogP contribution >= 0.6 is 0 Å². The Kier molecular flexibility index (Phi) is 2.78. The largest absolute Gasteiger partial charge is 0.411 e. The number of hydrogen-bond acceptors (Lipinski definition) is 4. The summed E-state index contributed by atoms with van der Waals surface area (Å²) in [5.41, 5.74) is 0.558. The Morgan fingerprint density at radius 3 is 3.17 bits per heavy atom. The Labute approximate surface area is 68.7 Å². The number of oxime groups is 1. The smallest absolute Gasteiger partial charge is 0.270 e. The number of pyridine rings is 1. The van der Waals surface area contributed by atoms with Crippen LogP contribution in [-0.4, -0.2) is 22.3 Å². The predicted octanol–water partition coefficient (Wildman–Crippen LogP) is 0.480. The van der Waals surface area contributed by atoms with E-state index in [1.54, 1.807) is 18.3 Å². The first-order valence-electron chi connectivity index (χ1n) is 3.21. The standard InChI is InChI=1S/C7H7N3O2/c11-7(5-9-12)10-6-2-1-3-8-4-6/h1-5,12H,(H,10,11)/b9-5+. The average Bonchev–Trinajstić information content (AvgIpc) is 2.06. The molecule has 0 aliphatic heterocycles. The number of aromatic nitrogens is 1. The first-order chi connectivity index (χ1) is 5.83. The summed E-state index contributed by atoms with van der Waals surface area (Å²) in [5, 5.41) is 13.0. The van der Waals surface area contributed by atoms with Gasteiger partial charge in [-0.3, -0.25) is 9.78 Å². The van der Waals surface area contributed by atoms with Gasteiger partial charge in [0, 0.05) is 6.20 Å².